The molecule has 1 unspecified atom stereocenters. The van der Waals surface area contributed by atoms with Crippen LogP contribution < -0.4 is 9.62 Å². The fourth-order valence-electron chi connectivity index (χ4n) is 3.09. The van der Waals surface area contributed by atoms with Crippen molar-refractivity contribution in [3.05, 3.63) is 16.3 Å². The third-order valence-corrected chi connectivity index (χ3v) is 6.73. The molecule has 1 fully saturated rings. The normalized spacial score (nSPS) is 28.1. The highest BCUT2D eigenvalue weighted by atomic mass is 32.2. The van der Waals surface area contributed by atoms with E-state index in [1.807, 2.05) is 23.3 Å². The number of carbonyl (C=O) groups excluding carboxylic acids is 1. The third-order valence-electron chi connectivity index (χ3n) is 4.22. The van der Waals surface area contributed by atoms with Crippen molar-refractivity contribution in [2.24, 2.45) is 0 Å². The highest BCUT2D eigenvalue weighted by molar-refractivity contribution is 7.89. The predicted octanol–water partition coefficient (Wildman–Crippen LogP) is 1.89. The van der Waals surface area contributed by atoms with Gasteiger partial charge in [-0.3, -0.25) is 4.79 Å². The van der Waals surface area contributed by atoms with E-state index in [-0.39, 0.29) is 18.1 Å². The standard InChI is InChI=1S/C14H20N2O3S2/c1-14(6-9-21(18,19)15-14)10-13(17)16-7-3-2-4-12-11(16)5-8-20-12/h5,8,15H,2-4,6-7,9-10H2,1H3. The lowest BCUT2D eigenvalue weighted by Crippen LogP contribution is -2.44. The highest BCUT2D eigenvalue weighted by Gasteiger charge is 2.40. The van der Waals surface area contributed by atoms with Crippen LogP contribution in [0.25, 0.3) is 0 Å². The highest BCUT2D eigenvalue weighted by Crippen LogP contribution is 2.33. The zero-order valence-corrected chi connectivity index (χ0v) is 13.7. The smallest absolute Gasteiger partial charge is 0.228 e. The van der Waals surface area contributed by atoms with E-state index in [2.05, 4.69) is 4.72 Å². The Balaban J connectivity index is 1.77. The van der Waals surface area contributed by atoms with Crippen molar-refractivity contribution in [2.75, 3.05) is 17.2 Å². The van der Waals surface area contributed by atoms with Gasteiger partial charge in [0.15, 0.2) is 0 Å². The number of aryl methyl sites for hydroxylation is 1. The summed E-state index contributed by atoms with van der Waals surface area (Å²) in [4.78, 5) is 15.8. The second-order valence-corrected chi connectivity index (χ2v) is 8.98. The maximum atomic E-state index is 12.7. The van der Waals surface area contributed by atoms with E-state index in [4.69, 9.17) is 0 Å². The molecule has 3 heterocycles. The van der Waals surface area contributed by atoms with E-state index in [1.54, 1.807) is 11.3 Å². The van der Waals surface area contributed by atoms with Crippen LogP contribution in [0.4, 0.5) is 5.69 Å². The van der Waals surface area contributed by atoms with Gasteiger partial charge in [-0.2, -0.15) is 0 Å². The zero-order valence-electron chi connectivity index (χ0n) is 12.1. The van der Waals surface area contributed by atoms with Gasteiger partial charge in [0.1, 0.15) is 0 Å². The molecule has 0 spiro atoms. The van der Waals surface area contributed by atoms with Crippen LogP contribution in [0.5, 0.6) is 0 Å². The Morgan fingerprint density at radius 2 is 2.29 bits per heavy atom. The van der Waals surface area contributed by atoms with Crippen molar-refractivity contribution in [3.8, 4) is 0 Å². The van der Waals surface area contributed by atoms with Crippen molar-refractivity contribution in [2.45, 2.75) is 44.6 Å². The first-order valence-corrected chi connectivity index (χ1v) is 9.80. The quantitative estimate of drug-likeness (QED) is 0.901. The first-order chi connectivity index (χ1) is 9.89. The van der Waals surface area contributed by atoms with Crippen LogP contribution in [-0.4, -0.2) is 32.2 Å². The topological polar surface area (TPSA) is 66.5 Å². The van der Waals surface area contributed by atoms with Crippen LogP contribution in [0.1, 0.15) is 37.5 Å². The largest absolute Gasteiger partial charge is 0.311 e. The summed E-state index contributed by atoms with van der Waals surface area (Å²) in [5, 5.41) is 2.02. The van der Waals surface area contributed by atoms with Gasteiger partial charge in [-0.15, -0.1) is 11.3 Å². The van der Waals surface area contributed by atoms with E-state index in [1.165, 1.54) is 4.88 Å². The Morgan fingerprint density at radius 3 is 3.00 bits per heavy atom. The molecule has 116 valence electrons. The van der Waals surface area contributed by atoms with Crippen LogP contribution in [0.15, 0.2) is 11.4 Å². The second-order valence-electron chi connectivity index (χ2n) is 6.14. The average molecular weight is 328 g/mol. The predicted molar refractivity (Wildman–Crippen MR) is 84.2 cm³/mol. The SMILES string of the molecule is CC1(CC(=O)N2CCCCc3sccc32)CCS(=O)(=O)N1. The van der Waals surface area contributed by atoms with Crippen molar-refractivity contribution in [1.82, 2.24) is 4.72 Å². The molecule has 1 aromatic heterocycles. The summed E-state index contributed by atoms with van der Waals surface area (Å²) in [5.74, 6) is 0.129. The number of anilines is 1. The Morgan fingerprint density at radius 1 is 1.48 bits per heavy atom. The third kappa shape index (κ3) is 3.14. The molecule has 2 aliphatic rings. The van der Waals surface area contributed by atoms with Gasteiger partial charge >= 0.3 is 0 Å². The molecule has 2 aliphatic heterocycles. The molecule has 0 saturated carbocycles. The number of carbonyl (C=O) groups is 1. The van der Waals surface area contributed by atoms with E-state index in [9.17, 15) is 13.2 Å². The molecule has 0 aromatic carbocycles. The Labute approximate surface area is 129 Å². The molecule has 1 saturated heterocycles. The fourth-order valence-corrected chi connectivity index (χ4v) is 5.76. The summed E-state index contributed by atoms with van der Waals surface area (Å²) in [6, 6.07) is 2.00. The summed E-state index contributed by atoms with van der Waals surface area (Å²) in [6.07, 6.45) is 3.84. The van der Waals surface area contributed by atoms with Gasteiger partial charge in [0.2, 0.25) is 15.9 Å². The summed E-state index contributed by atoms with van der Waals surface area (Å²) in [5.41, 5.74) is 0.380. The average Bonchev–Trinajstić information content (AvgIpc) is 2.88. The number of fused-ring (bicyclic) bond motifs is 1. The zero-order chi connectivity index (χ0) is 15.1. The number of nitrogens with zero attached hydrogens (tertiary/aromatic N) is 1. The summed E-state index contributed by atoms with van der Waals surface area (Å²) in [6.45, 7) is 2.55. The maximum absolute atomic E-state index is 12.7. The van der Waals surface area contributed by atoms with Crippen LogP contribution in [0.3, 0.4) is 0 Å². The van der Waals surface area contributed by atoms with Crippen LogP contribution >= 0.6 is 11.3 Å². The van der Waals surface area contributed by atoms with Gasteiger partial charge in [-0.1, -0.05) is 0 Å². The van der Waals surface area contributed by atoms with Crippen molar-refractivity contribution in [1.29, 1.82) is 0 Å². The summed E-state index contributed by atoms with van der Waals surface area (Å²) in [7, 11) is -3.21. The van der Waals surface area contributed by atoms with Gasteiger partial charge in [0, 0.05) is 23.4 Å². The molecule has 0 aliphatic carbocycles. The minimum atomic E-state index is -3.21. The van der Waals surface area contributed by atoms with Gasteiger partial charge in [0.25, 0.3) is 0 Å². The molecule has 7 heteroatoms. The van der Waals surface area contributed by atoms with Crippen LogP contribution in [0, 0.1) is 0 Å². The summed E-state index contributed by atoms with van der Waals surface area (Å²) >= 11 is 1.70. The van der Waals surface area contributed by atoms with E-state index < -0.39 is 15.6 Å². The van der Waals surface area contributed by atoms with Crippen LogP contribution in [-0.2, 0) is 21.2 Å². The Bertz CT molecular complexity index is 653. The van der Waals surface area contributed by atoms with Gasteiger partial charge < -0.3 is 4.90 Å². The van der Waals surface area contributed by atoms with E-state index in [0.29, 0.717) is 6.42 Å². The van der Waals surface area contributed by atoms with Gasteiger partial charge in [-0.05, 0) is 44.1 Å². The first kappa shape index (κ1) is 15.0. The van der Waals surface area contributed by atoms with Gasteiger partial charge in [0.05, 0.1) is 11.4 Å². The van der Waals surface area contributed by atoms with E-state index >= 15 is 0 Å². The van der Waals surface area contributed by atoms with Gasteiger partial charge in [-0.25, -0.2) is 13.1 Å². The van der Waals surface area contributed by atoms with E-state index in [0.717, 1.165) is 31.5 Å². The molecule has 1 N–H and O–H groups in total. The first-order valence-electron chi connectivity index (χ1n) is 7.27. The molecule has 0 bridgehead atoms. The minimum Gasteiger partial charge on any atom is -0.311 e. The minimum absolute atomic E-state index is 0.0173. The number of amides is 1. The second kappa shape index (κ2) is 5.37. The number of rotatable bonds is 2. The molecule has 0 radical (unpaired) electrons. The van der Waals surface area contributed by atoms with Crippen LogP contribution in [0.2, 0.25) is 0 Å². The number of sulfonamides is 1. The monoisotopic (exact) mass is 328 g/mol. The Hall–Kier alpha value is -0.920. The van der Waals surface area contributed by atoms with Crippen molar-refractivity contribution >= 4 is 33.0 Å². The molecule has 1 atom stereocenters. The number of hydrogen-bond donors (Lipinski definition) is 1. The molecule has 1 amide bonds. The maximum Gasteiger partial charge on any atom is 0.228 e. The number of nitrogens with one attached hydrogen (secondary N) is 1. The fraction of sp³-hybridized carbons (Fsp3) is 0.643. The molecular formula is C14H20N2O3S2. The Kier molecular flexibility index (Phi) is 3.83. The molecule has 5 nitrogen and oxygen atoms in total. The lowest BCUT2D eigenvalue weighted by Gasteiger charge is -2.27. The number of thiophene rings is 1. The summed E-state index contributed by atoms with van der Waals surface area (Å²) < 4.78 is 25.8. The molecule has 21 heavy (non-hydrogen) atoms. The molecule has 1 aromatic rings. The lowest BCUT2D eigenvalue weighted by molar-refractivity contribution is -0.119. The van der Waals surface area contributed by atoms with Crippen molar-refractivity contribution < 1.29 is 13.2 Å². The lowest BCUT2D eigenvalue weighted by atomic mass is 9.95. The number of hydrogen-bond acceptors (Lipinski definition) is 4. The molecule has 3 rings (SSSR count). The molecular weight excluding hydrogens is 308 g/mol. The van der Waals surface area contributed by atoms with Crippen molar-refractivity contribution in [3.63, 3.8) is 0 Å².